The number of esters is 1. The maximum atomic E-state index is 12.1. The lowest BCUT2D eigenvalue weighted by atomic mass is 10.1. The molecule has 0 amide bonds. The summed E-state index contributed by atoms with van der Waals surface area (Å²) in [7, 11) is 3.30. The summed E-state index contributed by atoms with van der Waals surface area (Å²) in [4.78, 5) is 24.1. The van der Waals surface area contributed by atoms with Crippen molar-refractivity contribution in [1.82, 2.24) is 9.78 Å². The molecule has 0 bridgehead atoms. The summed E-state index contributed by atoms with van der Waals surface area (Å²) < 4.78 is 13.6. The highest BCUT2D eigenvalue weighted by molar-refractivity contribution is 6.29. The zero-order valence-corrected chi connectivity index (χ0v) is 16.1. The van der Waals surface area contributed by atoms with Gasteiger partial charge in [0.2, 0.25) is 0 Å². The quantitative estimate of drug-likeness (QED) is 0.605. The molecule has 0 unspecified atom stereocenters. The highest BCUT2D eigenvalue weighted by atomic mass is 35.5. The lowest BCUT2D eigenvalue weighted by Crippen LogP contribution is -2.41. The van der Waals surface area contributed by atoms with Gasteiger partial charge in [-0.05, 0) is 26.8 Å². The SMILES string of the molecule is CCOC(=O)C(C)(C)Oc1ccc(Nc2cc(Cl)nn(C)c2=O)[n+](C)c1. The summed E-state index contributed by atoms with van der Waals surface area (Å²) >= 11 is 5.90. The molecule has 0 aliphatic heterocycles. The summed E-state index contributed by atoms with van der Waals surface area (Å²) in [5.74, 6) is 0.669. The Morgan fingerprint density at radius 2 is 2.12 bits per heavy atom. The number of pyridine rings is 1. The first kappa shape index (κ1) is 19.7. The largest absolute Gasteiger partial charge is 0.472 e. The van der Waals surface area contributed by atoms with Crippen LogP contribution in [0.25, 0.3) is 0 Å². The minimum absolute atomic E-state index is 0.202. The molecule has 2 aromatic rings. The summed E-state index contributed by atoms with van der Waals surface area (Å²) in [6.45, 7) is 5.30. The number of rotatable bonds is 6. The number of carbonyl (C=O) groups excluding carboxylic acids is 1. The molecule has 140 valence electrons. The van der Waals surface area contributed by atoms with Gasteiger partial charge < -0.3 is 9.47 Å². The molecule has 0 aliphatic rings. The van der Waals surface area contributed by atoms with Crippen LogP contribution in [0.15, 0.2) is 29.2 Å². The van der Waals surface area contributed by atoms with Gasteiger partial charge in [-0.25, -0.2) is 19.4 Å². The second kappa shape index (κ2) is 7.74. The average Bonchev–Trinajstić information content (AvgIpc) is 2.54. The highest BCUT2D eigenvalue weighted by Gasteiger charge is 2.32. The van der Waals surface area contributed by atoms with E-state index in [0.717, 1.165) is 4.68 Å². The molecule has 0 saturated heterocycles. The zero-order valence-electron chi connectivity index (χ0n) is 15.4. The molecule has 0 saturated carbocycles. The van der Waals surface area contributed by atoms with Gasteiger partial charge in [-0.2, -0.15) is 5.10 Å². The molecule has 8 nitrogen and oxygen atoms in total. The van der Waals surface area contributed by atoms with E-state index in [-0.39, 0.29) is 17.3 Å². The van der Waals surface area contributed by atoms with Crippen molar-refractivity contribution < 1.29 is 18.8 Å². The first-order chi connectivity index (χ1) is 12.1. The van der Waals surface area contributed by atoms with Gasteiger partial charge in [-0.1, -0.05) is 11.6 Å². The van der Waals surface area contributed by atoms with Gasteiger partial charge in [0, 0.05) is 19.2 Å². The number of nitrogens with zero attached hydrogens (tertiary/aromatic N) is 3. The maximum Gasteiger partial charge on any atom is 0.349 e. The van der Waals surface area contributed by atoms with E-state index in [9.17, 15) is 9.59 Å². The fourth-order valence-corrected chi connectivity index (χ4v) is 2.44. The van der Waals surface area contributed by atoms with Crippen molar-refractivity contribution in [1.29, 1.82) is 0 Å². The van der Waals surface area contributed by atoms with Crippen molar-refractivity contribution in [2.75, 3.05) is 11.9 Å². The second-order valence-corrected chi connectivity index (χ2v) is 6.52. The molecule has 0 radical (unpaired) electrons. The minimum atomic E-state index is -1.12. The lowest BCUT2D eigenvalue weighted by Gasteiger charge is -2.23. The molecule has 2 rings (SSSR count). The number of ether oxygens (including phenoxy) is 2. The van der Waals surface area contributed by atoms with E-state index >= 15 is 0 Å². The summed E-state index contributed by atoms with van der Waals surface area (Å²) in [5, 5.41) is 7.06. The van der Waals surface area contributed by atoms with E-state index in [2.05, 4.69) is 10.4 Å². The van der Waals surface area contributed by atoms with E-state index in [1.54, 1.807) is 50.7 Å². The van der Waals surface area contributed by atoms with Crippen LogP contribution in [0.3, 0.4) is 0 Å². The molecule has 0 atom stereocenters. The normalized spacial score (nSPS) is 11.2. The Hall–Kier alpha value is -2.61. The van der Waals surface area contributed by atoms with Crippen LogP contribution in [-0.2, 0) is 23.6 Å². The molecule has 2 aromatic heterocycles. The van der Waals surface area contributed by atoms with Crippen LogP contribution >= 0.6 is 11.6 Å². The number of carbonyl (C=O) groups is 1. The molecular weight excluding hydrogens is 360 g/mol. The van der Waals surface area contributed by atoms with Gasteiger partial charge in [-0.3, -0.25) is 4.79 Å². The third-order valence-corrected chi connectivity index (χ3v) is 3.73. The van der Waals surface area contributed by atoms with Gasteiger partial charge in [-0.15, -0.1) is 0 Å². The highest BCUT2D eigenvalue weighted by Crippen LogP contribution is 2.20. The Bertz CT molecular complexity index is 880. The van der Waals surface area contributed by atoms with Crippen LogP contribution < -0.4 is 20.2 Å². The lowest BCUT2D eigenvalue weighted by molar-refractivity contribution is -0.657. The Morgan fingerprint density at radius 3 is 2.73 bits per heavy atom. The van der Waals surface area contributed by atoms with Crippen molar-refractivity contribution in [3.8, 4) is 5.75 Å². The Labute approximate surface area is 156 Å². The predicted molar refractivity (Wildman–Crippen MR) is 96.7 cm³/mol. The van der Waals surface area contributed by atoms with Crippen LogP contribution in [0.5, 0.6) is 5.75 Å². The molecule has 0 aromatic carbocycles. The Balaban J connectivity index is 2.23. The van der Waals surface area contributed by atoms with Crippen LogP contribution in [0.4, 0.5) is 11.5 Å². The van der Waals surface area contributed by atoms with E-state index < -0.39 is 11.6 Å². The van der Waals surface area contributed by atoms with E-state index in [1.165, 1.54) is 13.1 Å². The van der Waals surface area contributed by atoms with Gasteiger partial charge in [0.1, 0.15) is 6.20 Å². The van der Waals surface area contributed by atoms with E-state index in [0.29, 0.717) is 17.3 Å². The maximum absolute atomic E-state index is 12.1. The summed E-state index contributed by atoms with van der Waals surface area (Å²) in [6, 6.07) is 4.87. The third-order valence-electron chi connectivity index (χ3n) is 3.54. The number of hydrogen-bond acceptors (Lipinski definition) is 6. The average molecular weight is 382 g/mol. The molecule has 9 heteroatoms. The number of anilines is 2. The molecular formula is C17H22ClN4O4+. The van der Waals surface area contributed by atoms with Crippen molar-refractivity contribution in [3.63, 3.8) is 0 Å². The number of halogens is 1. The summed E-state index contributed by atoms with van der Waals surface area (Å²) in [6.07, 6.45) is 1.69. The topological polar surface area (TPSA) is 86.3 Å². The van der Waals surface area contributed by atoms with Crippen molar-refractivity contribution >= 4 is 29.1 Å². The fraction of sp³-hybridized carbons (Fsp3) is 0.412. The first-order valence-corrected chi connectivity index (χ1v) is 8.38. The molecule has 0 aliphatic carbocycles. The predicted octanol–water partition coefficient (Wildman–Crippen LogP) is 1.72. The Kier molecular flexibility index (Phi) is 5.86. The van der Waals surface area contributed by atoms with E-state index in [1.807, 2.05) is 0 Å². The van der Waals surface area contributed by atoms with Gasteiger partial charge >= 0.3 is 11.5 Å². The molecule has 0 fully saturated rings. The van der Waals surface area contributed by atoms with Gasteiger partial charge in [0.05, 0.1) is 13.7 Å². The third kappa shape index (κ3) is 4.51. The van der Waals surface area contributed by atoms with Gasteiger partial charge in [0.15, 0.2) is 22.2 Å². The molecule has 0 spiro atoms. The van der Waals surface area contributed by atoms with Crippen LogP contribution in [0.1, 0.15) is 20.8 Å². The van der Waals surface area contributed by atoms with Crippen LogP contribution in [0, 0.1) is 0 Å². The Morgan fingerprint density at radius 1 is 1.42 bits per heavy atom. The smallest absolute Gasteiger partial charge is 0.349 e. The van der Waals surface area contributed by atoms with Crippen molar-refractivity contribution in [3.05, 3.63) is 39.9 Å². The molecule has 1 N–H and O–H groups in total. The minimum Gasteiger partial charge on any atom is -0.472 e. The van der Waals surface area contributed by atoms with Crippen LogP contribution in [-0.4, -0.2) is 28.0 Å². The number of nitrogens with one attached hydrogen (secondary N) is 1. The van der Waals surface area contributed by atoms with Gasteiger partial charge in [0.25, 0.3) is 5.82 Å². The molecule has 2 heterocycles. The summed E-state index contributed by atoms with van der Waals surface area (Å²) in [5.41, 5.74) is -1.13. The number of aryl methyl sites for hydroxylation is 2. The standard InChI is InChI=1S/C17H21ClN4O4/c1-6-25-16(24)17(2,3)26-11-7-8-14(21(4)10-11)19-12-9-13(18)20-22(5)15(12)23/h7-10H,6H2,1-5H3/p+1. The van der Waals surface area contributed by atoms with Crippen molar-refractivity contribution in [2.24, 2.45) is 14.1 Å². The fourth-order valence-electron chi connectivity index (χ4n) is 2.21. The van der Waals surface area contributed by atoms with E-state index in [4.69, 9.17) is 21.1 Å². The number of aromatic nitrogens is 3. The van der Waals surface area contributed by atoms with Crippen molar-refractivity contribution in [2.45, 2.75) is 26.4 Å². The number of hydrogen-bond donors (Lipinski definition) is 1. The monoisotopic (exact) mass is 381 g/mol. The molecule has 26 heavy (non-hydrogen) atoms. The zero-order chi connectivity index (χ0) is 19.5. The first-order valence-electron chi connectivity index (χ1n) is 8.01. The van der Waals surface area contributed by atoms with Crippen LogP contribution in [0.2, 0.25) is 5.15 Å². The second-order valence-electron chi connectivity index (χ2n) is 6.13.